The van der Waals surface area contributed by atoms with Crippen molar-refractivity contribution >= 4 is 12.0 Å². The molecule has 0 unspecified atom stereocenters. The van der Waals surface area contributed by atoms with E-state index in [1.54, 1.807) is 12.3 Å². The van der Waals surface area contributed by atoms with Crippen molar-refractivity contribution in [2.75, 3.05) is 7.11 Å². The van der Waals surface area contributed by atoms with E-state index in [0.717, 1.165) is 22.5 Å². The second kappa shape index (κ2) is 8.62. The minimum atomic E-state index is -0.638. The molecule has 4 nitrogen and oxygen atoms in total. The Morgan fingerprint density at radius 2 is 1.30 bits per heavy atom. The number of methoxy groups -OCH3 is 1. The second-order valence-electron chi connectivity index (χ2n) is 6.88. The Morgan fingerprint density at radius 1 is 0.833 bits per heavy atom. The van der Waals surface area contributed by atoms with Crippen molar-refractivity contribution in [3.8, 4) is 0 Å². The van der Waals surface area contributed by atoms with Gasteiger partial charge in [-0.3, -0.25) is 0 Å². The van der Waals surface area contributed by atoms with Crippen LogP contribution in [0.3, 0.4) is 0 Å². The van der Waals surface area contributed by atoms with E-state index >= 15 is 0 Å². The van der Waals surface area contributed by atoms with Gasteiger partial charge in [-0.2, -0.15) is 0 Å². The Balaban J connectivity index is 1.98. The van der Waals surface area contributed by atoms with Crippen LogP contribution in [0.15, 0.2) is 103 Å². The van der Waals surface area contributed by atoms with Crippen LogP contribution >= 0.6 is 0 Å². The molecular formula is C26H22N2O2. The van der Waals surface area contributed by atoms with Crippen LogP contribution in [0.1, 0.15) is 28.2 Å². The van der Waals surface area contributed by atoms with Gasteiger partial charge >= 0.3 is 5.97 Å². The van der Waals surface area contributed by atoms with Crippen molar-refractivity contribution < 1.29 is 9.53 Å². The maximum absolute atomic E-state index is 11.5. The van der Waals surface area contributed by atoms with Crippen LogP contribution in [-0.2, 0) is 14.9 Å². The number of H-pyrrole nitrogens is 1. The second-order valence-corrected chi connectivity index (χ2v) is 6.88. The van der Waals surface area contributed by atoms with E-state index in [4.69, 9.17) is 9.72 Å². The highest BCUT2D eigenvalue weighted by atomic mass is 16.5. The Bertz CT molecular complexity index is 1040. The third-order valence-corrected chi connectivity index (χ3v) is 5.16. The Morgan fingerprint density at radius 3 is 1.73 bits per heavy atom. The SMILES string of the molecule is COC(=O)C=Cc1c[nH]c(C(c2ccccc2)(c2ccccc2)c2ccccc2)n1. The molecule has 0 spiro atoms. The molecule has 4 rings (SSSR count). The number of benzene rings is 3. The van der Waals surface area contributed by atoms with E-state index in [9.17, 15) is 4.79 Å². The van der Waals surface area contributed by atoms with Crippen molar-refractivity contribution in [1.82, 2.24) is 9.97 Å². The van der Waals surface area contributed by atoms with Gasteiger partial charge in [-0.15, -0.1) is 0 Å². The van der Waals surface area contributed by atoms with Crippen molar-refractivity contribution in [3.63, 3.8) is 0 Å². The van der Waals surface area contributed by atoms with Crippen molar-refractivity contribution in [1.29, 1.82) is 0 Å². The number of carbonyl (C=O) groups is 1. The van der Waals surface area contributed by atoms with Gasteiger partial charge in [-0.1, -0.05) is 91.0 Å². The first kappa shape index (κ1) is 19.4. The lowest BCUT2D eigenvalue weighted by Gasteiger charge is -2.34. The van der Waals surface area contributed by atoms with Crippen LogP contribution < -0.4 is 0 Å². The number of carbonyl (C=O) groups excluding carboxylic acids is 1. The summed E-state index contributed by atoms with van der Waals surface area (Å²) in [6, 6.07) is 31.0. The standard InChI is InChI=1S/C26H22N2O2/c1-30-24(29)18-17-23-19-27-25(28-23)26(20-11-5-2-6-12-20,21-13-7-3-8-14-21)22-15-9-4-10-16-22/h2-19H,1H3,(H,27,28). The Hall–Kier alpha value is -3.92. The molecule has 0 saturated heterocycles. The lowest BCUT2D eigenvalue weighted by molar-refractivity contribution is -0.134. The zero-order valence-electron chi connectivity index (χ0n) is 16.7. The number of nitrogens with zero attached hydrogens (tertiary/aromatic N) is 1. The van der Waals surface area contributed by atoms with Gasteiger partial charge in [0.1, 0.15) is 11.2 Å². The lowest BCUT2D eigenvalue weighted by Crippen LogP contribution is -2.32. The number of hydrogen-bond donors (Lipinski definition) is 1. The average molecular weight is 394 g/mol. The molecule has 3 aromatic carbocycles. The number of esters is 1. The highest BCUT2D eigenvalue weighted by molar-refractivity contribution is 5.86. The molecule has 0 aliphatic carbocycles. The molecule has 1 heterocycles. The summed E-state index contributed by atoms with van der Waals surface area (Å²) in [4.78, 5) is 19.7. The first-order valence-corrected chi connectivity index (χ1v) is 9.73. The third kappa shape index (κ3) is 3.55. The number of ether oxygens (including phenoxy) is 1. The molecule has 148 valence electrons. The topological polar surface area (TPSA) is 55.0 Å². The number of hydrogen-bond acceptors (Lipinski definition) is 3. The Labute approximate surface area is 175 Å². The molecule has 0 saturated carbocycles. The number of imidazole rings is 1. The highest BCUT2D eigenvalue weighted by Crippen LogP contribution is 2.43. The highest BCUT2D eigenvalue weighted by Gasteiger charge is 2.40. The molecule has 4 aromatic rings. The third-order valence-electron chi connectivity index (χ3n) is 5.16. The minimum absolute atomic E-state index is 0.417. The molecule has 0 amide bonds. The molecule has 1 aromatic heterocycles. The molecule has 30 heavy (non-hydrogen) atoms. The first-order chi connectivity index (χ1) is 14.7. The van der Waals surface area contributed by atoms with Crippen molar-refractivity contribution in [2.24, 2.45) is 0 Å². The summed E-state index contributed by atoms with van der Waals surface area (Å²) in [5.74, 6) is 0.357. The largest absolute Gasteiger partial charge is 0.466 e. The van der Waals surface area contributed by atoms with Gasteiger partial charge in [-0.25, -0.2) is 9.78 Å². The molecular weight excluding hydrogens is 372 g/mol. The van der Waals surface area contributed by atoms with Gasteiger partial charge in [0, 0.05) is 12.3 Å². The molecule has 1 N–H and O–H groups in total. The molecule has 0 aliphatic heterocycles. The number of aromatic nitrogens is 2. The summed E-state index contributed by atoms with van der Waals surface area (Å²) in [7, 11) is 1.36. The maximum Gasteiger partial charge on any atom is 0.330 e. The van der Waals surface area contributed by atoms with Gasteiger partial charge < -0.3 is 9.72 Å². The van der Waals surface area contributed by atoms with E-state index in [1.807, 2.05) is 54.6 Å². The van der Waals surface area contributed by atoms with Gasteiger partial charge in [0.15, 0.2) is 0 Å². The molecule has 0 fully saturated rings. The summed E-state index contributed by atoms with van der Waals surface area (Å²) in [6.45, 7) is 0. The van der Waals surface area contributed by atoms with E-state index in [2.05, 4.69) is 41.4 Å². The fourth-order valence-electron chi connectivity index (χ4n) is 3.81. The van der Waals surface area contributed by atoms with Gasteiger partial charge in [-0.05, 0) is 22.8 Å². The molecule has 0 radical (unpaired) electrons. The summed E-state index contributed by atoms with van der Waals surface area (Å²) < 4.78 is 4.69. The zero-order chi connectivity index (χ0) is 20.8. The maximum atomic E-state index is 11.5. The van der Waals surface area contributed by atoms with E-state index < -0.39 is 11.4 Å². The first-order valence-electron chi connectivity index (χ1n) is 9.73. The van der Waals surface area contributed by atoms with Crippen molar-refractivity contribution in [3.05, 3.63) is 131 Å². The fourth-order valence-corrected chi connectivity index (χ4v) is 3.81. The van der Waals surface area contributed by atoms with Gasteiger partial charge in [0.05, 0.1) is 12.8 Å². The molecule has 0 bridgehead atoms. The minimum Gasteiger partial charge on any atom is -0.466 e. The van der Waals surface area contributed by atoms with Crippen LogP contribution in [0.5, 0.6) is 0 Å². The fraction of sp³-hybridized carbons (Fsp3) is 0.0769. The van der Waals surface area contributed by atoms with Crippen LogP contribution in [0, 0.1) is 0 Å². The van der Waals surface area contributed by atoms with Crippen LogP contribution in [0.4, 0.5) is 0 Å². The summed E-state index contributed by atoms with van der Waals surface area (Å²) in [6.07, 6.45) is 4.82. The zero-order valence-corrected chi connectivity index (χ0v) is 16.7. The molecule has 0 atom stereocenters. The predicted molar refractivity (Wildman–Crippen MR) is 118 cm³/mol. The normalized spacial score (nSPS) is 11.5. The average Bonchev–Trinajstić information content (AvgIpc) is 3.29. The van der Waals surface area contributed by atoms with Crippen LogP contribution in [-0.4, -0.2) is 23.0 Å². The van der Waals surface area contributed by atoms with E-state index in [1.165, 1.54) is 13.2 Å². The monoisotopic (exact) mass is 394 g/mol. The summed E-state index contributed by atoms with van der Waals surface area (Å²) in [5, 5.41) is 0. The van der Waals surface area contributed by atoms with E-state index in [-0.39, 0.29) is 0 Å². The molecule has 0 aliphatic rings. The van der Waals surface area contributed by atoms with Crippen LogP contribution in [0.25, 0.3) is 6.08 Å². The van der Waals surface area contributed by atoms with E-state index in [0.29, 0.717) is 5.69 Å². The smallest absolute Gasteiger partial charge is 0.330 e. The predicted octanol–water partition coefficient (Wildman–Crippen LogP) is 4.98. The molecule has 4 heteroatoms. The quantitative estimate of drug-likeness (QED) is 0.285. The summed E-state index contributed by atoms with van der Waals surface area (Å²) in [5.41, 5.74) is 3.31. The van der Waals surface area contributed by atoms with Gasteiger partial charge in [0.25, 0.3) is 0 Å². The van der Waals surface area contributed by atoms with Crippen LogP contribution in [0.2, 0.25) is 0 Å². The Kier molecular flexibility index (Phi) is 5.57. The van der Waals surface area contributed by atoms with Crippen molar-refractivity contribution in [2.45, 2.75) is 5.41 Å². The number of rotatable bonds is 6. The lowest BCUT2D eigenvalue weighted by atomic mass is 9.69. The number of aromatic amines is 1. The van der Waals surface area contributed by atoms with Gasteiger partial charge in [0.2, 0.25) is 0 Å². The summed E-state index contributed by atoms with van der Waals surface area (Å²) >= 11 is 0. The number of nitrogens with one attached hydrogen (secondary N) is 1.